The molecule has 0 aromatic carbocycles. The topological polar surface area (TPSA) is 311 Å². The minimum atomic E-state index is -1.66. The minimum absolute atomic E-state index is 0.00514. The number of allylic oxidation sites excluding steroid dienone is 3. The number of carboxylic acids is 1. The summed E-state index contributed by atoms with van der Waals surface area (Å²) in [6, 6.07) is -4.27. The lowest BCUT2D eigenvalue weighted by molar-refractivity contribution is -0.141. The first-order valence-electron chi connectivity index (χ1n) is 13.8. The van der Waals surface area contributed by atoms with Crippen molar-refractivity contribution < 1.29 is 43.8 Å². The van der Waals surface area contributed by atoms with Crippen LogP contribution in [0.5, 0.6) is 0 Å². The maximum atomic E-state index is 12.8. The quantitative estimate of drug-likeness (QED) is 0.0331. The average molecular weight is 624 g/mol. The predicted octanol–water partition coefficient (Wildman–Crippen LogP) is -4.26. The predicted molar refractivity (Wildman–Crippen MR) is 156 cm³/mol. The molecule has 1 rings (SSSR count). The van der Waals surface area contributed by atoms with E-state index in [1.165, 1.54) is 0 Å². The fourth-order valence-corrected chi connectivity index (χ4v) is 3.81. The monoisotopic (exact) mass is 623 g/mol. The third-order valence-corrected chi connectivity index (χ3v) is 6.03. The molecule has 44 heavy (non-hydrogen) atoms. The molecule has 0 spiro atoms. The zero-order valence-electron chi connectivity index (χ0n) is 24.2. The molecule has 0 saturated carbocycles. The second-order valence-corrected chi connectivity index (χ2v) is 9.74. The van der Waals surface area contributed by atoms with Crippen molar-refractivity contribution in [3.05, 3.63) is 23.8 Å². The molecule has 0 saturated heterocycles. The molecule has 0 bridgehead atoms. The molecule has 1 aliphatic rings. The Kier molecular flexibility index (Phi) is 16.8. The van der Waals surface area contributed by atoms with Gasteiger partial charge in [-0.1, -0.05) is 23.8 Å². The molecule has 0 aliphatic heterocycles. The summed E-state index contributed by atoms with van der Waals surface area (Å²) in [4.78, 5) is 88.4. The molecule has 0 aromatic heterocycles. The van der Waals surface area contributed by atoms with E-state index in [0.717, 1.165) is 12.0 Å². The van der Waals surface area contributed by atoms with Crippen LogP contribution in [-0.4, -0.2) is 102 Å². The number of nitrogens with one attached hydrogen (secondary N) is 5. The van der Waals surface area contributed by atoms with Crippen LogP contribution in [0.25, 0.3) is 0 Å². The first kappa shape index (κ1) is 37.0. The lowest BCUT2D eigenvalue weighted by Crippen LogP contribution is -2.56. The van der Waals surface area contributed by atoms with Gasteiger partial charge < -0.3 is 54.0 Å². The van der Waals surface area contributed by atoms with E-state index < -0.39 is 73.2 Å². The number of aliphatic hydroxyl groups excluding tert-OH is 1. The minimum Gasteiger partial charge on any atom is -0.481 e. The highest BCUT2D eigenvalue weighted by Gasteiger charge is 2.28. The number of aliphatic carboxylic acids is 1. The Hall–Kier alpha value is -5.00. The van der Waals surface area contributed by atoms with Crippen LogP contribution in [0.15, 0.2) is 28.8 Å². The number of aliphatic hydroxyl groups is 1. The molecular formula is C26H41N9O9. The molecule has 18 nitrogen and oxygen atoms in total. The van der Waals surface area contributed by atoms with Gasteiger partial charge in [-0.25, -0.2) is 0 Å². The Balaban J connectivity index is 2.67. The number of amides is 6. The lowest BCUT2D eigenvalue weighted by Gasteiger charge is -2.21. The molecular weight excluding hydrogens is 582 g/mol. The van der Waals surface area contributed by atoms with Crippen molar-refractivity contribution in [2.75, 3.05) is 26.2 Å². The Bertz CT molecular complexity index is 1150. The van der Waals surface area contributed by atoms with E-state index in [-0.39, 0.29) is 50.6 Å². The first-order chi connectivity index (χ1) is 20.8. The molecule has 244 valence electrons. The van der Waals surface area contributed by atoms with E-state index in [1.807, 2.05) is 23.5 Å². The van der Waals surface area contributed by atoms with E-state index in [4.69, 9.17) is 27.4 Å². The van der Waals surface area contributed by atoms with Crippen molar-refractivity contribution in [3.8, 4) is 0 Å². The van der Waals surface area contributed by atoms with Gasteiger partial charge in [-0.3, -0.25) is 38.6 Å². The third kappa shape index (κ3) is 15.9. The molecule has 0 fully saturated rings. The molecule has 0 unspecified atom stereocenters. The smallest absolute Gasteiger partial charge is 0.305 e. The number of rotatable bonds is 21. The standard InChI is InChI=1S/C26H41N9O9/c27-23(42)18(14-36)35-25(44)17(12-22(40)41)34-21(39)13-32-24(43)16(7-3-10-31-26(28)29)33-19(37)8-4-9-30-20(38)11-15-5-1-2-6-15/h1-2,5,16-18,36H,3-4,6-14H2,(H2,27,42)(H,30,38)(H,32,43)(H,33,37)(H,34,39)(H,35,44)(H,40,41)(H4,28,29,31)/t16-,17-,18-/m0/s1. The molecule has 13 N–H and O–H groups in total. The van der Waals surface area contributed by atoms with Crippen molar-refractivity contribution in [1.29, 1.82) is 0 Å². The highest BCUT2D eigenvalue weighted by Crippen LogP contribution is 2.13. The highest BCUT2D eigenvalue weighted by atomic mass is 16.4. The summed E-state index contributed by atoms with van der Waals surface area (Å²) >= 11 is 0. The number of hydrogen-bond acceptors (Lipinski definition) is 9. The Morgan fingerprint density at radius 1 is 0.864 bits per heavy atom. The zero-order chi connectivity index (χ0) is 33.1. The fraction of sp³-hybridized carbons (Fsp3) is 0.538. The summed E-state index contributed by atoms with van der Waals surface area (Å²) in [6.45, 7) is -1.14. The lowest BCUT2D eigenvalue weighted by atomic mass is 10.1. The Morgan fingerprint density at radius 3 is 2.16 bits per heavy atom. The summed E-state index contributed by atoms with van der Waals surface area (Å²) in [5.74, 6) is -6.15. The highest BCUT2D eigenvalue weighted by molar-refractivity contribution is 5.95. The van der Waals surface area contributed by atoms with E-state index in [1.54, 1.807) is 0 Å². The number of carbonyl (C=O) groups is 7. The van der Waals surface area contributed by atoms with E-state index in [9.17, 15) is 33.6 Å². The van der Waals surface area contributed by atoms with Crippen LogP contribution >= 0.6 is 0 Å². The van der Waals surface area contributed by atoms with Gasteiger partial charge in [-0.05, 0) is 25.7 Å². The van der Waals surface area contributed by atoms with Crippen LogP contribution in [0, 0.1) is 0 Å². The fourth-order valence-electron chi connectivity index (χ4n) is 3.81. The normalized spacial score (nSPS) is 13.8. The number of carboxylic acid groups (broad SMARTS) is 1. The van der Waals surface area contributed by atoms with Crippen LogP contribution in [0.4, 0.5) is 0 Å². The molecule has 3 atom stereocenters. The molecule has 6 amide bonds. The summed E-state index contributed by atoms with van der Waals surface area (Å²) in [5, 5.41) is 30.0. The van der Waals surface area contributed by atoms with E-state index in [0.29, 0.717) is 6.42 Å². The number of aliphatic imine (C=N–C) groups is 1. The van der Waals surface area contributed by atoms with Gasteiger partial charge in [0.15, 0.2) is 5.96 Å². The third-order valence-electron chi connectivity index (χ3n) is 6.03. The molecule has 0 radical (unpaired) electrons. The van der Waals surface area contributed by atoms with Gasteiger partial charge in [0, 0.05) is 25.9 Å². The van der Waals surface area contributed by atoms with Crippen molar-refractivity contribution in [1.82, 2.24) is 26.6 Å². The number of carbonyl (C=O) groups excluding carboxylic acids is 6. The van der Waals surface area contributed by atoms with Crippen LogP contribution in [0.3, 0.4) is 0 Å². The Labute approximate surface area is 253 Å². The number of nitrogens with two attached hydrogens (primary N) is 3. The van der Waals surface area contributed by atoms with Gasteiger partial charge in [-0.2, -0.15) is 0 Å². The summed E-state index contributed by atoms with van der Waals surface area (Å²) < 4.78 is 0. The van der Waals surface area contributed by atoms with Gasteiger partial charge >= 0.3 is 5.97 Å². The number of guanidine groups is 1. The van der Waals surface area contributed by atoms with Gasteiger partial charge in [0.05, 0.1) is 19.6 Å². The van der Waals surface area contributed by atoms with E-state index in [2.05, 4.69) is 26.3 Å². The van der Waals surface area contributed by atoms with Crippen LogP contribution in [0.2, 0.25) is 0 Å². The van der Waals surface area contributed by atoms with Crippen LogP contribution in [-0.2, 0) is 33.6 Å². The largest absolute Gasteiger partial charge is 0.481 e. The summed E-state index contributed by atoms with van der Waals surface area (Å²) in [6.07, 6.45) is 6.50. The second-order valence-electron chi connectivity index (χ2n) is 9.74. The van der Waals surface area contributed by atoms with Gasteiger partial charge in [0.25, 0.3) is 0 Å². The molecule has 0 heterocycles. The summed E-state index contributed by atoms with van der Waals surface area (Å²) in [5.41, 5.74) is 16.6. The number of primary amides is 1. The molecule has 18 heteroatoms. The maximum Gasteiger partial charge on any atom is 0.305 e. The van der Waals surface area contributed by atoms with Gasteiger partial charge in [0.2, 0.25) is 35.4 Å². The SMILES string of the molecule is NC(=O)[C@H](CO)NC(=O)[C@H](CC(=O)O)NC(=O)CNC(=O)[C@H](CCCN=C(N)N)NC(=O)CCCNC(=O)CC1=CC=CC1. The van der Waals surface area contributed by atoms with Crippen molar-refractivity contribution in [2.24, 2.45) is 22.2 Å². The van der Waals surface area contributed by atoms with Crippen molar-refractivity contribution >= 4 is 47.4 Å². The summed E-state index contributed by atoms with van der Waals surface area (Å²) in [7, 11) is 0. The van der Waals surface area contributed by atoms with Crippen molar-refractivity contribution in [3.63, 3.8) is 0 Å². The van der Waals surface area contributed by atoms with E-state index >= 15 is 0 Å². The second kappa shape index (κ2) is 20.0. The number of hydrogen-bond donors (Lipinski definition) is 10. The van der Waals surface area contributed by atoms with Crippen LogP contribution < -0.4 is 43.8 Å². The van der Waals surface area contributed by atoms with Crippen molar-refractivity contribution in [2.45, 2.75) is 63.1 Å². The maximum absolute atomic E-state index is 12.8. The molecule has 1 aliphatic carbocycles. The van der Waals surface area contributed by atoms with Gasteiger partial charge in [0.1, 0.15) is 18.1 Å². The first-order valence-corrected chi connectivity index (χ1v) is 13.8. The Morgan fingerprint density at radius 2 is 1.57 bits per heavy atom. The van der Waals surface area contributed by atoms with Gasteiger partial charge in [-0.15, -0.1) is 0 Å². The zero-order valence-corrected chi connectivity index (χ0v) is 24.2. The molecule has 0 aromatic rings. The number of nitrogens with zero attached hydrogens (tertiary/aromatic N) is 1. The van der Waals surface area contributed by atoms with Crippen LogP contribution in [0.1, 0.15) is 44.9 Å². The average Bonchev–Trinajstić information content (AvgIpc) is 3.46.